The standard InChI is InChI=1S/C31H39N5O4/c1-3-40-30(38)26-10-7-17-34(21-26)29(37)20-24-15-18-33(19-16-24)27-11-13-28(14-12-27)35-22-32-36(31(35)39)23(2)25-8-5-4-6-9-25/h4-6,8-9,11-14,22-24,26H,3,7,10,15-21H2,1-2H3/t23?,26-/m0/s1. The van der Waals surface area contributed by atoms with Gasteiger partial charge < -0.3 is 14.5 Å². The van der Waals surface area contributed by atoms with Crippen molar-refractivity contribution in [2.75, 3.05) is 37.7 Å². The Morgan fingerprint density at radius 1 is 0.975 bits per heavy atom. The van der Waals surface area contributed by atoms with Gasteiger partial charge in [-0.25, -0.2) is 14.0 Å². The summed E-state index contributed by atoms with van der Waals surface area (Å²) in [4.78, 5) is 42.4. The molecule has 2 aromatic carbocycles. The summed E-state index contributed by atoms with van der Waals surface area (Å²) in [6.07, 6.45) is 5.66. The number of ether oxygens (including phenoxy) is 1. The number of likely N-dealkylation sites (tertiary alicyclic amines) is 1. The lowest BCUT2D eigenvalue weighted by Crippen LogP contribution is -2.44. The van der Waals surface area contributed by atoms with Crippen molar-refractivity contribution in [3.63, 3.8) is 0 Å². The van der Waals surface area contributed by atoms with Gasteiger partial charge in [0.25, 0.3) is 0 Å². The molecule has 40 heavy (non-hydrogen) atoms. The molecule has 5 rings (SSSR count). The van der Waals surface area contributed by atoms with Crippen LogP contribution in [0.2, 0.25) is 0 Å². The number of piperidine rings is 2. The highest BCUT2D eigenvalue weighted by Gasteiger charge is 2.31. The second kappa shape index (κ2) is 12.5. The highest BCUT2D eigenvalue weighted by Crippen LogP contribution is 2.28. The summed E-state index contributed by atoms with van der Waals surface area (Å²) in [5.41, 5.74) is 2.76. The summed E-state index contributed by atoms with van der Waals surface area (Å²) in [7, 11) is 0. The Balaban J connectivity index is 1.14. The first kappa shape index (κ1) is 27.7. The fourth-order valence-electron chi connectivity index (χ4n) is 5.88. The van der Waals surface area contributed by atoms with Crippen LogP contribution in [0, 0.1) is 11.8 Å². The van der Waals surface area contributed by atoms with E-state index in [1.165, 1.54) is 4.68 Å². The van der Waals surface area contributed by atoms with E-state index in [1.807, 2.05) is 61.2 Å². The van der Waals surface area contributed by atoms with Gasteiger partial charge in [0, 0.05) is 38.3 Å². The Morgan fingerprint density at radius 2 is 1.68 bits per heavy atom. The zero-order chi connectivity index (χ0) is 28.1. The molecule has 2 aliphatic heterocycles. The number of hydrogen-bond acceptors (Lipinski definition) is 6. The third kappa shape index (κ3) is 6.13. The smallest absolute Gasteiger partial charge is 0.350 e. The minimum absolute atomic E-state index is 0.156. The summed E-state index contributed by atoms with van der Waals surface area (Å²) in [6.45, 7) is 7.14. The van der Waals surface area contributed by atoms with E-state index in [0.717, 1.165) is 62.3 Å². The number of nitrogens with zero attached hydrogens (tertiary/aromatic N) is 5. The first-order chi connectivity index (χ1) is 19.4. The molecule has 0 N–H and O–H groups in total. The maximum Gasteiger partial charge on any atom is 0.350 e. The Labute approximate surface area is 235 Å². The van der Waals surface area contributed by atoms with Crippen molar-refractivity contribution in [1.29, 1.82) is 0 Å². The molecule has 1 aromatic heterocycles. The number of anilines is 1. The predicted molar refractivity (Wildman–Crippen MR) is 154 cm³/mol. The number of carbonyl (C=O) groups excluding carboxylic acids is 2. The van der Waals surface area contributed by atoms with Crippen LogP contribution >= 0.6 is 0 Å². The molecule has 9 heteroatoms. The predicted octanol–water partition coefficient (Wildman–Crippen LogP) is 4.05. The van der Waals surface area contributed by atoms with Crippen LogP contribution in [0.15, 0.2) is 65.7 Å². The summed E-state index contributed by atoms with van der Waals surface area (Å²) < 4.78 is 8.26. The number of rotatable bonds is 8. The molecular weight excluding hydrogens is 506 g/mol. The van der Waals surface area contributed by atoms with Crippen LogP contribution in [0.1, 0.15) is 57.6 Å². The third-order valence-corrected chi connectivity index (χ3v) is 8.31. The van der Waals surface area contributed by atoms with Crippen molar-refractivity contribution in [3.05, 3.63) is 77.0 Å². The first-order valence-electron chi connectivity index (χ1n) is 14.5. The van der Waals surface area contributed by atoms with Crippen LogP contribution in [0.3, 0.4) is 0 Å². The van der Waals surface area contributed by atoms with Crippen molar-refractivity contribution in [2.45, 2.75) is 52.0 Å². The first-order valence-corrected chi connectivity index (χ1v) is 14.5. The molecule has 0 saturated carbocycles. The number of amides is 1. The quantitative estimate of drug-likeness (QED) is 0.397. The molecule has 0 aliphatic carbocycles. The van der Waals surface area contributed by atoms with Gasteiger partial charge in [-0.15, -0.1) is 0 Å². The van der Waals surface area contributed by atoms with Gasteiger partial charge in [0.05, 0.1) is 24.3 Å². The van der Waals surface area contributed by atoms with Crippen molar-refractivity contribution < 1.29 is 14.3 Å². The average molecular weight is 546 g/mol. The van der Waals surface area contributed by atoms with E-state index in [0.29, 0.717) is 25.5 Å². The highest BCUT2D eigenvalue weighted by atomic mass is 16.5. The zero-order valence-corrected chi connectivity index (χ0v) is 23.4. The van der Waals surface area contributed by atoms with E-state index in [4.69, 9.17) is 4.74 Å². The summed E-state index contributed by atoms with van der Waals surface area (Å²) in [5, 5.41) is 4.37. The van der Waals surface area contributed by atoms with Crippen LogP contribution in [0.4, 0.5) is 5.69 Å². The second-order valence-electron chi connectivity index (χ2n) is 10.9. The van der Waals surface area contributed by atoms with Crippen LogP contribution in [0.25, 0.3) is 5.69 Å². The maximum atomic E-state index is 13.1. The topological polar surface area (TPSA) is 89.7 Å². The SMILES string of the molecule is CCOC(=O)[C@H]1CCCN(C(=O)CC2CCN(c3ccc(-n4cnn(C(C)c5ccccc5)c4=O)cc3)CC2)C1. The van der Waals surface area contributed by atoms with Gasteiger partial charge >= 0.3 is 11.7 Å². The molecule has 2 saturated heterocycles. The molecule has 0 radical (unpaired) electrons. The fourth-order valence-corrected chi connectivity index (χ4v) is 5.88. The van der Waals surface area contributed by atoms with E-state index in [1.54, 1.807) is 10.9 Å². The number of hydrogen-bond donors (Lipinski definition) is 0. The molecule has 0 spiro atoms. The van der Waals surface area contributed by atoms with Gasteiger partial charge in [-0.1, -0.05) is 30.3 Å². The van der Waals surface area contributed by atoms with E-state index in [2.05, 4.69) is 22.1 Å². The molecule has 3 aromatic rings. The molecule has 2 fully saturated rings. The van der Waals surface area contributed by atoms with Crippen LogP contribution in [-0.4, -0.2) is 63.9 Å². The van der Waals surface area contributed by atoms with E-state index in [-0.39, 0.29) is 29.5 Å². The molecule has 2 aliphatic rings. The molecule has 9 nitrogen and oxygen atoms in total. The lowest BCUT2D eigenvalue weighted by Gasteiger charge is -2.36. The van der Waals surface area contributed by atoms with Crippen molar-refractivity contribution in [3.8, 4) is 5.69 Å². The maximum absolute atomic E-state index is 13.1. The molecule has 3 heterocycles. The number of aromatic nitrogens is 3. The summed E-state index contributed by atoms with van der Waals surface area (Å²) >= 11 is 0. The van der Waals surface area contributed by atoms with Crippen LogP contribution in [0.5, 0.6) is 0 Å². The Morgan fingerprint density at radius 3 is 2.38 bits per heavy atom. The fraction of sp³-hybridized carbons (Fsp3) is 0.484. The minimum atomic E-state index is -0.195. The second-order valence-corrected chi connectivity index (χ2v) is 10.9. The molecule has 212 valence electrons. The minimum Gasteiger partial charge on any atom is -0.466 e. The lowest BCUT2D eigenvalue weighted by molar-refractivity contribution is -0.151. The van der Waals surface area contributed by atoms with Gasteiger partial charge in [0.2, 0.25) is 5.91 Å². The Bertz CT molecular complexity index is 1340. The number of esters is 1. The summed E-state index contributed by atoms with van der Waals surface area (Å²) in [5.74, 6) is 0.131. The molecule has 0 bridgehead atoms. The van der Waals surface area contributed by atoms with Gasteiger partial charge in [-0.3, -0.25) is 9.59 Å². The molecule has 2 atom stereocenters. The monoisotopic (exact) mass is 545 g/mol. The van der Waals surface area contributed by atoms with Crippen molar-refractivity contribution >= 4 is 17.6 Å². The van der Waals surface area contributed by atoms with Gasteiger partial charge in [0.1, 0.15) is 6.33 Å². The van der Waals surface area contributed by atoms with E-state index in [9.17, 15) is 14.4 Å². The van der Waals surface area contributed by atoms with Crippen LogP contribution in [-0.2, 0) is 14.3 Å². The van der Waals surface area contributed by atoms with E-state index >= 15 is 0 Å². The lowest BCUT2D eigenvalue weighted by atomic mass is 9.91. The number of carbonyl (C=O) groups is 2. The highest BCUT2D eigenvalue weighted by molar-refractivity contribution is 5.78. The molecule has 1 unspecified atom stereocenters. The summed E-state index contributed by atoms with van der Waals surface area (Å²) in [6, 6.07) is 17.7. The zero-order valence-electron chi connectivity index (χ0n) is 23.4. The van der Waals surface area contributed by atoms with Gasteiger partial charge in [-0.05, 0) is 75.3 Å². The van der Waals surface area contributed by atoms with E-state index < -0.39 is 0 Å². The third-order valence-electron chi connectivity index (χ3n) is 8.31. The van der Waals surface area contributed by atoms with Crippen molar-refractivity contribution in [2.24, 2.45) is 11.8 Å². The van der Waals surface area contributed by atoms with Crippen LogP contribution < -0.4 is 10.6 Å². The largest absolute Gasteiger partial charge is 0.466 e. The Hall–Kier alpha value is -3.88. The molecule has 1 amide bonds. The van der Waals surface area contributed by atoms with Crippen molar-refractivity contribution in [1.82, 2.24) is 19.2 Å². The number of benzene rings is 2. The van der Waals surface area contributed by atoms with Gasteiger partial charge in [0.15, 0.2) is 0 Å². The average Bonchev–Trinajstić information content (AvgIpc) is 3.39. The van der Waals surface area contributed by atoms with Gasteiger partial charge in [-0.2, -0.15) is 5.10 Å². The Kier molecular flexibility index (Phi) is 8.67. The normalized spacial score (nSPS) is 18.9. The molecular formula is C31H39N5O4.